The van der Waals surface area contributed by atoms with Crippen molar-refractivity contribution in [3.8, 4) is 6.07 Å². The molecule has 2 unspecified atom stereocenters. The zero-order valence-corrected chi connectivity index (χ0v) is 10.1. The molecule has 0 amide bonds. The number of benzene rings is 1. The van der Waals surface area contributed by atoms with Crippen molar-refractivity contribution in [3.05, 3.63) is 29.8 Å². The summed E-state index contributed by atoms with van der Waals surface area (Å²) in [6, 6.07) is 9.82. The Hall–Kier alpha value is -1.57. The first-order valence-electron chi connectivity index (χ1n) is 5.59. The minimum absolute atomic E-state index is 0.0618. The number of nitrogens with zero attached hydrogens (tertiary/aromatic N) is 2. The molecule has 90 valence electrons. The van der Waals surface area contributed by atoms with Crippen molar-refractivity contribution in [3.63, 3.8) is 0 Å². The van der Waals surface area contributed by atoms with Crippen molar-refractivity contribution < 1.29 is 9.47 Å². The van der Waals surface area contributed by atoms with Crippen LogP contribution in [0.15, 0.2) is 24.3 Å². The average Bonchev–Trinajstić information content (AvgIpc) is 2.81. The molecular weight excluding hydrogens is 216 g/mol. The van der Waals surface area contributed by atoms with Crippen LogP contribution < -0.4 is 4.90 Å². The summed E-state index contributed by atoms with van der Waals surface area (Å²) in [5.41, 5.74) is 1.65. The Morgan fingerprint density at radius 3 is 2.29 bits per heavy atom. The molecule has 1 aromatic carbocycles. The fourth-order valence-electron chi connectivity index (χ4n) is 2.24. The lowest BCUT2D eigenvalue weighted by Crippen LogP contribution is -2.27. The van der Waals surface area contributed by atoms with Crippen molar-refractivity contribution in [2.24, 2.45) is 0 Å². The molecule has 1 fully saturated rings. The Balaban J connectivity index is 2.22. The summed E-state index contributed by atoms with van der Waals surface area (Å²) in [7, 11) is 3.38. The van der Waals surface area contributed by atoms with Crippen LogP contribution in [0.25, 0.3) is 0 Å². The molecule has 0 radical (unpaired) electrons. The molecule has 17 heavy (non-hydrogen) atoms. The van der Waals surface area contributed by atoms with E-state index in [0.29, 0.717) is 5.56 Å². The van der Waals surface area contributed by atoms with E-state index in [1.807, 2.05) is 24.3 Å². The van der Waals surface area contributed by atoms with Gasteiger partial charge in [0.15, 0.2) is 0 Å². The van der Waals surface area contributed by atoms with E-state index in [4.69, 9.17) is 14.7 Å². The molecule has 4 heteroatoms. The predicted octanol–water partition coefficient (Wildman–Crippen LogP) is 1.41. The first kappa shape index (κ1) is 11.9. The number of rotatable bonds is 3. The van der Waals surface area contributed by atoms with E-state index in [1.165, 1.54) is 0 Å². The molecule has 1 aliphatic rings. The van der Waals surface area contributed by atoms with Crippen LogP contribution in [0.5, 0.6) is 0 Å². The molecule has 0 spiro atoms. The van der Waals surface area contributed by atoms with Gasteiger partial charge in [0.1, 0.15) is 18.3 Å². The van der Waals surface area contributed by atoms with E-state index < -0.39 is 0 Å². The highest BCUT2D eigenvalue weighted by molar-refractivity contribution is 5.60. The first-order valence-corrected chi connectivity index (χ1v) is 5.59. The average molecular weight is 232 g/mol. The Kier molecular flexibility index (Phi) is 3.62. The quantitative estimate of drug-likeness (QED) is 0.790. The zero-order valence-electron chi connectivity index (χ0n) is 10.1. The van der Waals surface area contributed by atoms with Gasteiger partial charge in [0.2, 0.25) is 0 Å². The molecule has 2 atom stereocenters. The van der Waals surface area contributed by atoms with Gasteiger partial charge in [-0.1, -0.05) is 12.1 Å². The van der Waals surface area contributed by atoms with Gasteiger partial charge in [-0.05, 0) is 12.1 Å². The van der Waals surface area contributed by atoms with E-state index >= 15 is 0 Å². The van der Waals surface area contributed by atoms with Crippen molar-refractivity contribution >= 4 is 5.69 Å². The number of hydrogen-bond acceptors (Lipinski definition) is 4. The van der Waals surface area contributed by atoms with Crippen LogP contribution in [0, 0.1) is 11.3 Å². The molecule has 0 N–H and O–H groups in total. The van der Waals surface area contributed by atoms with Crippen LogP contribution in [-0.2, 0) is 9.47 Å². The summed E-state index contributed by atoms with van der Waals surface area (Å²) >= 11 is 0. The van der Waals surface area contributed by atoms with Crippen LogP contribution in [0.1, 0.15) is 5.56 Å². The van der Waals surface area contributed by atoms with Gasteiger partial charge < -0.3 is 14.4 Å². The van der Waals surface area contributed by atoms with Crippen molar-refractivity contribution in [1.29, 1.82) is 5.26 Å². The van der Waals surface area contributed by atoms with E-state index in [-0.39, 0.29) is 12.2 Å². The van der Waals surface area contributed by atoms with E-state index in [2.05, 4.69) is 11.0 Å². The highest BCUT2D eigenvalue weighted by Crippen LogP contribution is 2.26. The monoisotopic (exact) mass is 232 g/mol. The van der Waals surface area contributed by atoms with Crippen molar-refractivity contribution in [2.75, 3.05) is 32.2 Å². The van der Waals surface area contributed by atoms with E-state index in [1.54, 1.807) is 14.2 Å². The first-order chi connectivity index (χ1) is 8.30. The minimum Gasteiger partial charge on any atom is -0.377 e. The van der Waals surface area contributed by atoms with Gasteiger partial charge >= 0.3 is 0 Å². The normalized spacial score (nSPS) is 23.7. The van der Waals surface area contributed by atoms with Crippen LogP contribution >= 0.6 is 0 Å². The maximum atomic E-state index is 9.09. The third-order valence-corrected chi connectivity index (χ3v) is 3.19. The highest BCUT2D eigenvalue weighted by atomic mass is 16.5. The molecule has 1 aliphatic heterocycles. The third kappa shape index (κ3) is 2.26. The maximum absolute atomic E-state index is 9.09. The molecule has 0 aromatic heterocycles. The van der Waals surface area contributed by atoms with Gasteiger partial charge in [-0.2, -0.15) is 5.26 Å². The highest BCUT2D eigenvalue weighted by Gasteiger charge is 2.33. The Morgan fingerprint density at radius 2 is 1.76 bits per heavy atom. The fraction of sp³-hybridized carbons (Fsp3) is 0.462. The third-order valence-electron chi connectivity index (χ3n) is 3.19. The molecule has 2 rings (SSSR count). The smallest absolute Gasteiger partial charge is 0.102 e. The van der Waals surface area contributed by atoms with Crippen LogP contribution in [0.4, 0.5) is 5.69 Å². The van der Waals surface area contributed by atoms with Crippen LogP contribution in [0.2, 0.25) is 0 Å². The SMILES string of the molecule is COC1CN(c2ccccc2C#N)CC1OC. The van der Waals surface area contributed by atoms with Gasteiger partial charge in [-0.25, -0.2) is 0 Å². The molecule has 1 aromatic rings. The van der Waals surface area contributed by atoms with Gasteiger partial charge in [-0.3, -0.25) is 0 Å². The lowest BCUT2D eigenvalue weighted by atomic mass is 10.2. The number of anilines is 1. The Bertz CT molecular complexity index is 416. The summed E-state index contributed by atoms with van der Waals surface area (Å²) in [5, 5.41) is 9.09. The maximum Gasteiger partial charge on any atom is 0.102 e. The second-order valence-corrected chi connectivity index (χ2v) is 4.08. The standard InChI is InChI=1S/C13H16N2O2/c1-16-12-8-15(9-13(12)17-2)11-6-4-3-5-10(11)7-14/h3-6,12-13H,8-9H2,1-2H3. The number of para-hydroxylation sites is 1. The van der Waals surface area contributed by atoms with Gasteiger partial charge in [-0.15, -0.1) is 0 Å². The Labute approximate surface area is 101 Å². The summed E-state index contributed by atoms with van der Waals surface area (Å²) < 4.78 is 10.8. The molecular formula is C13H16N2O2. The second-order valence-electron chi connectivity index (χ2n) is 4.08. The van der Waals surface area contributed by atoms with E-state index in [0.717, 1.165) is 18.8 Å². The van der Waals surface area contributed by atoms with Crippen molar-refractivity contribution in [2.45, 2.75) is 12.2 Å². The number of methoxy groups -OCH3 is 2. The zero-order chi connectivity index (χ0) is 12.3. The molecule has 0 saturated carbocycles. The molecule has 1 heterocycles. The van der Waals surface area contributed by atoms with Gasteiger partial charge in [0, 0.05) is 27.3 Å². The summed E-state index contributed by atoms with van der Waals surface area (Å²) in [6.45, 7) is 1.52. The number of ether oxygens (including phenoxy) is 2. The lowest BCUT2D eigenvalue weighted by Gasteiger charge is -2.19. The predicted molar refractivity (Wildman–Crippen MR) is 65.0 cm³/mol. The van der Waals surface area contributed by atoms with E-state index in [9.17, 15) is 0 Å². The summed E-state index contributed by atoms with van der Waals surface area (Å²) in [5.74, 6) is 0. The lowest BCUT2D eigenvalue weighted by molar-refractivity contribution is -0.00461. The van der Waals surface area contributed by atoms with Gasteiger partial charge in [0.25, 0.3) is 0 Å². The Morgan fingerprint density at radius 1 is 1.18 bits per heavy atom. The summed E-state index contributed by atoms with van der Waals surface area (Å²) in [6.07, 6.45) is 0.124. The molecule has 0 aliphatic carbocycles. The molecule has 0 bridgehead atoms. The minimum atomic E-state index is 0.0618. The summed E-state index contributed by atoms with van der Waals surface area (Å²) in [4.78, 5) is 2.14. The number of hydrogen-bond donors (Lipinski definition) is 0. The van der Waals surface area contributed by atoms with Gasteiger partial charge in [0.05, 0.1) is 11.3 Å². The van der Waals surface area contributed by atoms with Crippen LogP contribution in [0.3, 0.4) is 0 Å². The molecule has 1 saturated heterocycles. The topological polar surface area (TPSA) is 45.5 Å². The largest absolute Gasteiger partial charge is 0.377 e. The molecule has 4 nitrogen and oxygen atoms in total. The van der Waals surface area contributed by atoms with Crippen molar-refractivity contribution in [1.82, 2.24) is 0 Å². The van der Waals surface area contributed by atoms with Crippen LogP contribution in [-0.4, -0.2) is 39.5 Å². The number of nitriles is 1. The fourth-order valence-corrected chi connectivity index (χ4v) is 2.24. The second kappa shape index (κ2) is 5.17.